The molecule has 2 aromatic carbocycles. The normalized spacial score (nSPS) is 16.1. The van der Waals surface area contributed by atoms with Crippen molar-refractivity contribution in [3.05, 3.63) is 60.2 Å². The van der Waals surface area contributed by atoms with E-state index in [9.17, 15) is 13.2 Å². The van der Waals surface area contributed by atoms with Crippen molar-refractivity contribution in [1.82, 2.24) is 10.2 Å². The Morgan fingerprint density at radius 3 is 2.15 bits per heavy atom. The molecule has 1 saturated heterocycles. The third-order valence-electron chi connectivity index (χ3n) is 4.67. The van der Waals surface area contributed by atoms with E-state index in [0.717, 1.165) is 42.9 Å². The molecule has 27 heavy (non-hydrogen) atoms. The molecule has 0 amide bonds. The molecule has 1 heterocycles. The Balaban J connectivity index is 0.00000182. The quantitative estimate of drug-likeness (QED) is 0.687. The van der Waals surface area contributed by atoms with Gasteiger partial charge in [0.25, 0.3) is 0 Å². The number of piperazine rings is 1. The Labute approximate surface area is 171 Å². The summed E-state index contributed by atoms with van der Waals surface area (Å²) in [5.74, 6) is 0. The van der Waals surface area contributed by atoms with Crippen LogP contribution in [0, 0.1) is 0 Å². The number of benzene rings is 2. The van der Waals surface area contributed by atoms with Gasteiger partial charge in [-0.25, -0.2) is 0 Å². The zero-order chi connectivity index (χ0) is 17.7. The Morgan fingerprint density at radius 1 is 0.889 bits per heavy atom. The topological polar surface area (TPSA) is 15.3 Å². The lowest BCUT2D eigenvalue weighted by Gasteiger charge is -2.35. The number of hydrogen-bond acceptors (Lipinski definition) is 2. The van der Waals surface area contributed by atoms with Gasteiger partial charge in [0.2, 0.25) is 0 Å². The monoisotopic (exact) mass is 420 g/mol. The van der Waals surface area contributed by atoms with Crippen LogP contribution in [-0.4, -0.2) is 37.3 Å². The van der Waals surface area contributed by atoms with Crippen molar-refractivity contribution in [2.24, 2.45) is 0 Å². The van der Waals surface area contributed by atoms with Gasteiger partial charge in [0.05, 0.1) is 0 Å². The number of rotatable bonds is 5. The van der Waals surface area contributed by atoms with Crippen LogP contribution in [0.1, 0.15) is 24.4 Å². The van der Waals surface area contributed by atoms with Gasteiger partial charge in [0.15, 0.2) is 0 Å². The van der Waals surface area contributed by atoms with E-state index in [4.69, 9.17) is 0 Å². The average Bonchev–Trinajstić information content (AvgIpc) is 2.63. The second-order valence-corrected chi connectivity index (χ2v) is 6.45. The summed E-state index contributed by atoms with van der Waals surface area (Å²) >= 11 is 0. The summed E-state index contributed by atoms with van der Waals surface area (Å²) < 4.78 is 38.4. The first-order valence-electron chi connectivity index (χ1n) is 8.70. The minimum Gasteiger partial charge on any atom is -0.314 e. The lowest BCUT2D eigenvalue weighted by molar-refractivity contribution is -0.138. The molecule has 0 aliphatic carbocycles. The highest BCUT2D eigenvalue weighted by molar-refractivity contribution is 5.85. The Kier molecular flexibility index (Phi) is 9.60. The largest absolute Gasteiger partial charge is 0.389 e. The van der Waals surface area contributed by atoms with Gasteiger partial charge in [-0.15, -0.1) is 24.8 Å². The fourth-order valence-electron chi connectivity index (χ4n) is 3.41. The van der Waals surface area contributed by atoms with E-state index in [2.05, 4.69) is 10.2 Å². The highest BCUT2D eigenvalue weighted by Crippen LogP contribution is 2.33. The standard InChI is InChI=1S/C20H23F3N2.2ClH/c21-20(22,23)10-9-19(25-13-11-24-12-14-25)18-8-4-7-17(15-18)16-5-2-1-3-6-16;;/h1-8,15,19,24H,9-14H2;2*1H/t19-;;/m1../s1. The molecule has 0 aromatic heterocycles. The van der Waals surface area contributed by atoms with E-state index in [1.807, 2.05) is 54.6 Å². The fraction of sp³-hybridized carbons (Fsp3) is 0.400. The number of nitrogens with one attached hydrogen (secondary N) is 1. The van der Waals surface area contributed by atoms with Crippen molar-refractivity contribution < 1.29 is 13.2 Å². The van der Waals surface area contributed by atoms with Crippen LogP contribution in [0.4, 0.5) is 13.2 Å². The van der Waals surface area contributed by atoms with Crippen molar-refractivity contribution in [2.75, 3.05) is 26.2 Å². The summed E-state index contributed by atoms with van der Waals surface area (Å²) in [6, 6.07) is 17.7. The minimum absolute atomic E-state index is 0. The first kappa shape index (κ1) is 23.8. The van der Waals surface area contributed by atoms with Crippen LogP contribution in [0.2, 0.25) is 0 Å². The van der Waals surface area contributed by atoms with Gasteiger partial charge in [0.1, 0.15) is 0 Å². The van der Waals surface area contributed by atoms with Crippen LogP contribution in [0.15, 0.2) is 54.6 Å². The van der Waals surface area contributed by atoms with Crippen molar-refractivity contribution >= 4 is 24.8 Å². The molecule has 1 N–H and O–H groups in total. The maximum atomic E-state index is 12.8. The summed E-state index contributed by atoms with van der Waals surface area (Å²) in [5, 5.41) is 3.27. The van der Waals surface area contributed by atoms with Crippen molar-refractivity contribution in [3.8, 4) is 11.1 Å². The van der Waals surface area contributed by atoms with E-state index in [1.165, 1.54) is 0 Å². The highest BCUT2D eigenvalue weighted by Gasteiger charge is 2.31. The molecule has 0 spiro atoms. The minimum atomic E-state index is -4.12. The van der Waals surface area contributed by atoms with E-state index in [-0.39, 0.29) is 37.3 Å². The summed E-state index contributed by atoms with van der Waals surface area (Å²) in [6.07, 6.45) is -4.78. The molecule has 0 unspecified atom stereocenters. The zero-order valence-electron chi connectivity index (χ0n) is 14.9. The van der Waals surface area contributed by atoms with Crippen molar-refractivity contribution in [3.63, 3.8) is 0 Å². The van der Waals surface area contributed by atoms with Gasteiger partial charge in [0, 0.05) is 38.6 Å². The number of nitrogens with zero attached hydrogens (tertiary/aromatic N) is 1. The molecule has 2 aromatic rings. The number of halogens is 5. The maximum absolute atomic E-state index is 12.8. The number of alkyl halides is 3. The van der Waals surface area contributed by atoms with E-state index in [1.54, 1.807) is 0 Å². The lowest BCUT2D eigenvalue weighted by Crippen LogP contribution is -2.45. The molecule has 150 valence electrons. The molecule has 1 atom stereocenters. The zero-order valence-corrected chi connectivity index (χ0v) is 16.5. The fourth-order valence-corrected chi connectivity index (χ4v) is 3.41. The maximum Gasteiger partial charge on any atom is 0.389 e. The van der Waals surface area contributed by atoms with E-state index < -0.39 is 12.6 Å². The van der Waals surface area contributed by atoms with Crippen LogP contribution in [0.3, 0.4) is 0 Å². The van der Waals surface area contributed by atoms with Gasteiger partial charge >= 0.3 is 6.18 Å². The first-order chi connectivity index (χ1) is 12.0. The van der Waals surface area contributed by atoms with Gasteiger partial charge in [-0.1, -0.05) is 48.5 Å². The van der Waals surface area contributed by atoms with E-state index >= 15 is 0 Å². The molecule has 0 radical (unpaired) electrons. The van der Waals surface area contributed by atoms with Gasteiger partial charge in [-0.2, -0.15) is 13.2 Å². The molecule has 1 aliphatic heterocycles. The van der Waals surface area contributed by atoms with Crippen molar-refractivity contribution in [1.29, 1.82) is 0 Å². The molecule has 1 aliphatic rings. The summed E-state index contributed by atoms with van der Waals surface area (Å²) in [6.45, 7) is 3.19. The van der Waals surface area contributed by atoms with E-state index in [0.29, 0.717) is 0 Å². The average molecular weight is 421 g/mol. The van der Waals surface area contributed by atoms with Crippen LogP contribution in [-0.2, 0) is 0 Å². The summed E-state index contributed by atoms with van der Waals surface area (Å²) in [4.78, 5) is 2.17. The predicted molar refractivity (Wildman–Crippen MR) is 109 cm³/mol. The molecule has 2 nitrogen and oxygen atoms in total. The molecule has 7 heteroatoms. The third-order valence-corrected chi connectivity index (χ3v) is 4.67. The first-order valence-corrected chi connectivity index (χ1v) is 8.70. The highest BCUT2D eigenvalue weighted by atomic mass is 35.5. The van der Waals surface area contributed by atoms with Crippen LogP contribution < -0.4 is 5.32 Å². The van der Waals surface area contributed by atoms with Gasteiger partial charge in [-0.3, -0.25) is 4.90 Å². The smallest absolute Gasteiger partial charge is 0.314 e. The van der Waals surface area contributed by atoms with Gasteiger partial charge in [-0.05, 0) is 29.2 Å². The summed E-state index contributed by atoms with van der Waals surface area (Å²) in [7, 11) is 0. The van der Waals surface area contributed by atoms with Gasteiger partial charge < -0.3 is 5.32 Å². The molecule has 1 fully saturated rings. The SMILES string of the molecule is Cl.Cl.FC(F)(F)CC[C@H](c1cccc(-c2ccccc2)c1)N1CCNCC1. The lowest BCUT2D eigenvalue weighted by atomic mass is 9.95. The predicted octanol–water partition coefficient (Wildman–Crippen LogP) is 5.49. The Hall–Kier alpha value is -1.27. The molecule has 0 saturated carbocycles. The Bertz CT molecular complexity index is 674. The summed E-state index contributed by atoms with van der Waals surface area (Å²) in [5.41, 5.74) is 3.09. The second kappa shape index (κ2) is 10.9. The molecule has 3 rings (SSSR count). The third kappa shape index (κ3) is 7.00. The van der Waals surface area contributed by atoms with Crippen LogP contribution in [0.25, 0.3) is 11.1 Å². The van der Waals surface area contributed by atoms with Crippen LogP contribution >= 0.6 is 24.8 Å². The number of hydrogen-bond donors (Lipinski definition) is 1. The van der Waals surface area contributed by atoms with Crippen molar-refractivity contribution in [2.45, 2.75) is 25.1 Å². The second-order valence-electron chi connectivity index (χ2n) is 6.45. The Morgan fingerprint density at radius 2 is 1.52 bits per heavy atom. The molecular weight excluding hydrogens is 396 g/mol. The molecule has 0 bridgehead atoms. The molecular formula is C20H25Cl2F3N2. The van der Waals surface area contributed by atoms with Crippen LogP contribution in [0.5, 0.6) is 0 Å².